The Hall–Kier alpha value is -3.73. The number of nitriles is 1. The maximum absolute atomic E-state index is 13.2. The number of H-pyrrole nitrogens is 1. The Labute approximate surface area is 174 Å². The van der Waals surface area contributed by atoms with Crippen LogP contribution in [-0.2, 0) is 4.74 Å². The lowest BCUT2D eigenvalue weighted by atomic mass is 9.97. The fourth-order valence-electron chi connectivity index (χ4n) is 3.35. The number of aromatic nitrogens is 1. The van der Waals surface area contributed by atoms with Gasteiger partial charge in [-0.2, -0.15) is 5.26 Å². The third-order valence-corrected chi connectivity index (χ3v) is 4.61. The van der Waals surface area contributed by atoms with E-state index in [-0.39, 0.29) is 23.3 Å². The molecule has 0 saturated heterocycles. The number of esters is 1. The number of aryl methyl sites for hydroxylation is 2. The minimum absolute atomic E-state index is 0.128. The number of ether oxygens (including phenoxy) is 4. The van der Waals surface area contributed by atoms with Crippen molar-refractivity contribution in [3.63, 3.8) is 0 Å². The third-order valence-electron chi connectivity index (χ3n) is 4.61. The zero-order valence-electron chi connectivity index (χ0n) is 17.3. The number of nitrogens with one attached hydrogen (secondary N) is 1. The fourth-order valence-corrected chi connectivity index (χ4v) is 3.35. The van der Waals surface area contributed by atoms with E-state index >= 15 is 0 Å². The number of Topliss-reactive ketones (excluding diaryl/α,β-unsaturated/α-hetero) is 1. The van der Waals surface area contributed by atoms with Crippen LogP contribution in [0.3, 0.4) is 0 Å². The first-order chi connectivity index (χ1) is 14.4. The van der Waals surface area contributed by atoms with Gasteiger partial charge >= 0.3 is 5.97 Å². The summed E-state index contributed by atoms with van der Waals surface area (Å²) in [6.07, 6.45) is 1.43. The van der Waals surface area contributed by atoms with Crippen molar-refractivity contribution in [1.82, 2.24) is 4.98 Å². The number of nitrogens with zero attached hydrogens (tertiary/aromatic N) is 1. The first-order valence-corrected chi connectivity index (χ1v) is 9.41. The second-order valence-electron chi connectivity index (χ2n) is 6.59. The molecule has 1 aromatic heterocycles. The van der Waals surface area contributed by atoms with E-state index in [0.717, 1.165) is 0 Å². The Morgan fingerprint density at radius 1 is 1.20 bits per heavy atom. The molecule has 0 aliphatic carbocycles. The van der Waals surface area contributed by atoms with Gasteiger partial charge in [-0.1, -0.05) is 0 Å². The minimum atomic E-state index is -0.610. The molecular formula is C22H22N2O6. The van der Waals surface area contributed by atoms with Crippen molar-refractivity contribution >= 4 is 17.8 Å². The summed E-state index contributed by atoms with van der Waals surface area (Å²) < 4.78 is 21.6. The summed E-state index contributed by atoms with van der Waals surface area (Å²) in [6.45, 7) is 6.00. The molecule has 0 bridgehead atoms. The molecule has 0 amide bonds. The smallest absolute Gasteiger partial charge is 0.340 e. The summed E-state index contributed by atoms with van der Waals surface area (Å²) in [5, 5.41) is 9.66. The fraction of sp³-hybridized carbons (Fsp3) is 0.318. The van der Waals surface area contributed by atoms with Crippen LogP contribution < -0.4 is 14.2 Å². The van der Waals surface area contributed by atoms with Crippen LogP contribution in [0, 0.1) is 25.2 Å². The zero-order chi connectivity index (χ0) is 21.8. The molecule has 2 heterocycles. The number of carbonyl (C=O) groups excluding carboxylic acids is 2. The van der Waals surface area contributed by atoms with E-state index < -0.39 is 11.8 Å². The number of fused-ring (bicyclic) bond motifs is 1. The largest absolute Gasteiger partial charge is 0.493 e. The van der Waals surface area contributed by atoms with Crippen molar-refractivity contribution in [3.8, 4) is 23.3 Å². The number of methoxy groups -OCH3 is 1. The van der Waals surface area contributed by atoms with Crippen molar-refractivity contribution in [2.24, 2.45) is 0 Å². The lowest BCUT2D eigenvalue weighted by Crippen LogP contribution is -2.16. The van der Waals surface area contributed by atoms with Gasteiger partial charge in [0.15, 0.2) is 11.5 Å². The van der Waals surface area contributed by atoms with Gasteiger partial charge in [0.05, 0.1) is 24.8 Å². The highest BCUT2D eigenvalue weighted by atomic mass is 16.6. The van der Waals surface area contributed by atoms with Crippen LogP contribution in [0.25, 0.3) is 6.08 Å². The van der Waals surface area contributed by atoms with E-state index in [1.165, 1.54) is 13.2 Å². The van der Waals surface area contributed by atoms with Crippen LogP contribution in [0.15, 0.2) is 17.7 Å². The molecule has 0 unspecified atom stereocenters. The summed E-state index contributed by atoms with van der Waals surface area (Å²) in [7, 11) is 1.50. The first kappa shape index (κ1) is 21.0. The van der Waals surface area contributed by atoms with E-state index in [0.29, 0.717) is 47.4 Å². The normalized spacial score (nSPS) is 12.8. The van der Waals surface area contributed by atoms with Crippen molar-refractivity contribution in [3.05, 3.63) is 45.8 Å². The van der Waals surface area contributed by atoms with Gasteiger partial charge in [-0.15, -0.1) is 0 Å². The van der Waals surface area contributed by atoms with Gasteiger partial charge in [-0.05, 0) is 44.5 Å². The monoisotopic (exact) mass is 410 g/mol. The number of ketones is 1. The molecule has 1 N–H and O–H groups in total. The molecule has 1 aromatic carbocycles. The molecule has 0 atom stereocenters. The molecule has 30 heavy (non-hydrogen) atoms. The van der Waals surface area contributed by atoms with E-state index in [1.807, 2.05) is 6.07 Å². The number of rotatable bonds is 6. The SMILES string of the molecule is CCOC(=O)c1c(C)[nH]c(C)c1C(=O)/C(C#N)=C/c1cc(OC)c2c(c1)OCCO2. The molecule has 1 aliphatic rings. The number of hydrogen-bond donors (Lipinski definition) is 1. The molecule has 8 nitrogen and oxygen atoms in total. The Morgan fingerprint density at radius 3 is 2.57 bits per heavy atom. The van der Waals surface area contributed by atoms with Gasteiger partial charge in [0.2, 0.25) is 11.5 Å². The van der Waals surface area contributed by atoms with Gasteiger partial charge in [0, 0.05) is 11.4 Å². The van der Waals surface area contributed by atoms with Crippen LogP contribution in [0.4, 0.5) is 0 Å². The average Bonchev–Trinajstić information content (AvgIpc) is 3.04. The highest BCUT2D eigenvalue weighted by molar-refractivity contribution is 6.19. The molecule has 0 radical (unpaired) electrons. The van der Waals surface area contributed by atoms with Crippen LogP contribution in [0.5, 0.6) is 17.2 Å². The molecule has 0 saturated carbocycles. The Bertz CT molecular complexity index is 1060. The van der Waals surface area contributed by atoms with Gasteiger partial charge < -0.3 is 23.9 Å². The Kier molecular flexibility index (Phi) is 6.11. The topological polar surface area (TPSA) is 111 Å². The lowest BCUT2D eigenvalue weighted by molar-refractivity contribution is 0.0523. The second-order valence-corrected chi connectivity index (χ2v) is 6.59. The standard InChI is InChI=1S/C22H22N2O6/c1-5-28-22(26)19-13(3)24-12(2)18(19)20(25)15(11-23)8-14-9-16(27-4)21-17(10-14)29-6-7-30-21/h8-10,24H,5-7H2,1-4H3/b15-8+. The summed E-state index contributed by atoms with van der Waals surface area (Å²) in [5.41, 5.74) is 1.66. The molecule has 0 spiro atoms. The Morgan fingerprint density at radius 2 is 1.90 bits per heavy atom. The molecule has 0 fully saturated rings. The number of hydrogen-bond acceptors (Lipinski definition) is 7. The highest BCUT2D eigenvalue weighted by Gasteiger charge is 2.27. The van der Waals surface area contributed by atoms with Crippen molar-refractivity contribution in [1.29, 1.82) is 5.26 Å². The molecule has 2 aromatic rings. The summed E-state index contributed by atoms with van der Waals surface area (Å²) in [4.78, 5) is 28.5. The third kappa shape index (κ3) is 3.87. The predicted octanol–water partition coefficient (Wildman–Crippen LogP) is 3.38. The van der Waals surface area contributed by atoms with Gasteiger partial charge in [0.1, 0.15) is 24.9 Å². The van der Waals surface area contributed by atoms with Gasteiger partial charge in [-0.3, -0.25) is 4.79 Å². The first-order valence-electron chi connectivity index (χ1n) is 9.41. The molecule has 156 valence electrons. The highest BCUT2D eigenvalue weighted by Crippen LogP contribution is 2.41. The van der Waals surface area contributed by atoms with Crippen LogP contribution >= 0.6 is 0 Å². The predicted molar refractivity (Wildman–Crippen MR) is 108 cm³/mol. The average molecular weight is 410 g/mol. The minimum Gasteiger partial charge on any atom is -0.493 e. The van der Waals surface area contributed by atoms with E-state index in [4.69, 9.17) is 18.9 Å². The maximum Gasteiger partial charge on any atom is 0.340 e. The number of benzene rings is 1. The quantitative estimate of drug-likeness (QED) is 0.336. The van der Waals surface area contributed by atoms with E-state index in [1.54, 1.807) is 32.9 Å². The molecule has 8 heteroatoms. The van der Waals surface area contributed by atoms with Gasteiger partial charge in [0.25, 0.3) is 0 Å². The van der Waals surface area contributed by atoms with Crippen molar-refractivity contribution in [2.75, 3.05) is 26.9 Å². The summed E-state index contributed by atoms with van der Waals surface area (Å²) >= 11 is 0. The number of aromatic amines is 1. The molecule has 3 rings (SSSR count). The van der Waals surface area contributed by atoms with Crippen LogP contribution in [0.2, 0.25) is 0 Å². The van der Waals surface area contributed by atoms with E-state index in [9.17, 15) is 14.9 Å². The number of carbonyl (C=O) groups is 2. The van der Waals surface area contributed by atoms with Crippen molar-refractivity contribution < 1.29 is 28.5 Å². The zero-order valence-corrected chi connectivity index (χ0v) is 17.3. The summed E-state index contributed by atoms with van der Waals surface area (Å²) in [5.74, 6) is 0.200. The maximum atomic E-state index is 13.2. The van der Waals surface area contributed by atoms with Crippen LogP contribution in [0.1, 0.15) is 44.6 Å². The van der Waals surface area contributed by atoms with Gasteiger partial charge in [-0.25, -0.2) is 4.79 Å². The lowest BCUT2D eigenvalue weighted by Gasteiger charge is -2.21. The second kappa shape index (κ2) is 8.74. The summed E-state index contributed by atoms with van der Waals surface area (Å²) in [6, 6.07) is 5.26. The molecule has 1 aliphatic heterocycles. The number of allylic oxidation sites excluding steroid dienone is 1. The van der Waals surface area contributed by atoms with E-state index in [2.05, 4.69) is 4.98 Å². The van der Waals surface area contributed by atoms with Crippen LogP contribution in [-0.4, -0.2) is 43.7 Å². The Balaban J connectivity index is 2.06. The van der Waals surface area contributed by atoms with Crippen molar-refractivity contribution in [2.45, 2.75) is 20.8 Å². The molecular weight excluding hydrogens is 388 g/mol.